The number of rotatable bonds is 2. The van der Waals surface area contributed by atoms with Crippen molar-refractivity contribution >= 4 is 11.9 Å². The van der Waals surface area contributed by atoms with Crippen LogP contribution in [0.25, 0.3) is 0 Å². The van der Waals surface area contributed by atoms with Crippen molar-refractivity contribution in [2.45, 2.75) is 5.79 Å². The van der Waals surface area contributed by atoms with Crippen LogP contribution in [0.2, 0.25) is 0 Å². The van der Waals surface area contributed by atoms with E-state index in [0.717, 1.165) is 0 Å². The first-order valence-electron chi connectivity index (χ1n) is 6.59. The molecule has 0 aliphatic carbocycles. The number of ether oxygens (including phenoxy) is 2. The number of hydrogen-bond acceptors (Lipinski definition) is 5. The fourth-order valence-electron chi connectivity index (χ4n) is 2.30. The van der Waals surface area contributed by atoms with Crippen molar-refractivity contribution in [3.05, 3.63) is 83.6 Å². The molecule has 1 N–H and O–H groups in total. The van der Waals surface area contributed by atoms with E-state index < -0.39 is 23.3 Å². The van der Waals surface area contributed by atoms with Gasteiger partial charge in [-0.25, -0.2) is 9.59 Å². The van der Waals surface area contributed by atoms with Crippen molar-refractivity contribution in [3.63, 3.8) is 0 Å². The van der Waals surface area contributed by atoms with Crippen LogP contribution in [0.1, 0.15) is 11.1 Å². The molecule has 0 atom stereocenters. The fourth-order valence-corrected chi connectivity index (χ4v) is 2.30. The van der Waals surface area contributed by atoms with E-state index in [1.54, 1.807) is 60.7 Å². The summed E-state index contributed by atoms with van der Waals surface area (Å²) in [6.07, 6.45) is 0.393. The molecule has 2 aromatic rings. The van der Waals surface area contributed by atoms with E-state index in [2.05, 4.69) is 0 Å². The van der Waals surface area contributed by atoms with Crippen LogP contribution < -0.4 is 0 Å². The van der Waals surface area contributed by atoms with Crippen molar-refractivity contribution in [3.8, 4) is 0 Å². The summed E-state index contributed by atoms with van der Waals surface area (Å²) in [6.45, 7) is 0. The number of carbonyl (C=O) groups excluding carboxylic acids is 2. The SMILES string of the molecule is O=C1OC(c2ccccc2)(c2ccccc2)OC(=O)C1=CO. The highest BCUT2D eigenvalue weighted by Gasteiger charge is 2.49. The standard InChI is InChI=1S/C17H12O5/c18-11-14-15(19)21-17(22-16(14)20,12-7-3-1-4-8-12)13-9-5-2-6-10-13/h1-11,18H. The highest BCUT2D eigenvalue weighted by Crippen LogP contribution is 2.39. The molecule has 0 amide bonds. The van der Waals surface area contributed by atoms with Crippen LogP contribution in [0, 0.1) is 0 Å². The molecule has 0 spiro atoms. The average Bonchev–Trinajstić information content (AvgIpc) is 2.56. The van der Waals surface area contributed by atoms with Gasteiger partial charge in [-0.15, -0.1) is 0 Å². The largest absolute Gasteiger partial charge is 0.514 e. The maximum Gasteiger partial charge on any atom is 0.352 e. The normalized spacial score (nSPS) is 16.6. The second kappa shape index (κ2) is 5.37. The first kappa shape index (κ1) is 13.9. The van der Waals surface area contributed by atoms with Gasteiger partial charge in [-0.2, -0.15) is 0 Å². The summed E-state index contributed by atoms with van der Waals surface area (Å²) in [5, 5.41) is 8.98. The molecule has 0 aromatic heterocycles. The van der Waals surface area contributed by atoms with Crippen molar-refractivity contribution in [1.29, 1.82) is 0 Å². The fraction of sp³-hybridized carbons (Fsp3) is 0.0588. The summed E-state index contributed by atoms with van der Waals surface area (Å²) in [6, 6.07) is 17.4. The lowest BCUT2D eigenvalue weighted by Gasteiger charge is -2.36. The first-order valence-corrected chi connectivity index (χ1v) is 6.59. The lowest BCUT2D eigenvalue weighted by atomic mass is 9.96. The summed E-state index contributed by atoms with van der Waals surface area (Å²) in [4.78, 5) is 24.1. The van der Waals surface area contributed by atoms with Gasteiger partial charge in [-0.1, -0.05) is 60.7 Å². The topological polar surface area (TPSA) is 72.8 Å². The Morgan fingerprint density at radius 3 is 1.55 bits per heavy atom. The van der Waals surface area contributed by atoms with Gasteiger partial charge in [0.2, 0.25) is 0 Å². The Balaban J connectivity index is 2.18. The van der Waals surface area contributed by atoms with E-state index in [1.165, 1.54) is 0 Å². The zero-order valence-electron chi connectivity index (χ0n) is 11.4. The van der Waals surface area contributed by atoms with Crippen molar-refractivity contribution in [1.82, 2.24) is 0 Å². The number of benzene rings is 2. The van der Waals surface area contributed by atoms with Gasteiger partial charge in [0, 0.05) is 11.1 Å². The zero-order chi connectivity index (χ0) is 15.6. The molecule has 22 heavy (non-hydrogen) atoms. The van der Waals surface area contributed by atoms with Crippen LogP contribution >= 0.6 is 0 Å². The Morgan fingerprint density at radius 1 is 0.773 bits per heavy atom. The molecule has 1 aliphatic heterocycles. The number of cyclic esters (lactones) is 2. The number of hydrogen-bond donors (Lipinski definition) is 1. The van der Waals surface area contributed by atoms with Crippen LogP contribution in [0.5, 0.6) is 0 Å². The molecule has 3 rings (SSSR count). The monoisotopic (exact) mass is 296 g/mol. The predicted molar refractivity (Wildman–Crippen MR) is 76.6 cm³/mol. The number of aliphatic hydroxyl groups excluding tert-OH is 1. The van der Waals surface area contributed by atoms with E-state index >= 15 is 0 Å². The second-order valence-electron chi connectivity index (χ2n) is 4.67. The quantitative estimate of drug-likeness (QED) is 0.399. The number of aliphatic hydroxyl groups is 1. The molecule has 0 unspecified atom stereocenters. The molecule has 1 fully saturated rings. The van der Waals surface area contributed by atoms with Gasteiger partial charge in [0.1, 0.15) is 6.26 Å². The summed E-state index contributed by atoms with van der Waals surface area (Å²) >= 11 is 0. The Labute approximate surface area is 126 Å². The maximum absolute atomic E-state index is 12.0. The molecular weight excluding hydrogens is 284 g/mol. The van der Waals surface area contributed by atoms with Crippen LogP contribution in [-0.4, -0.2) is 17.0 Å². The van der Waals surface area contributed by atoms with E-state index in [-0.39, 0.29) is 0 Å². The van der Waals surface area contributed by atoms with Gasteiger partial charge in [-0.05, 0) is 0 Å². The maximum atomic E-state index is 12.0. The highest BCUT2D eigenvalue weighted by atomic mass is 16.7. The summed E-state index contributed by atoms with van der Waals surface area (Å²) < 4.78 is 10.8. The molecule has 5 nitrogen and oxygen atoms in total. The van der Waals surface area contributed by atoms with Gasteiger partial charge in [0.25, 0.3) is 0 Å². The molecule has 0 bridgehead atoms. The molecule has 1 saturated heterocycles. The van der Waals surface area contributed by atoms with Gasteiger partial charge < -0.3 is 14.6 Å². The van der Waals surface area contributed by atoms with E-state index in [1.807, 2.05) is 0 Å². The minimum atomic E-state index is -1.66. The molecular formula is C17H12O5. The lowest BCUT2D eigenvalue weighted by molar-refractivity contribution is -0.225. The van der Waals surface area contributed by atoms with Crippen molar-refractivity contribution in [2.24, 2.45) is 0 Å². The van der Waals surface area contributed by atoms with Crippen LogP contribution in [0.4, 0.5) is 0 Å². The summed E-state index contributed by atoms with van der Waals surface area (Å²) in [5.41, 5.74) is 0.460. The average molecular weight is 296 g/mol. The Kier molecular flexibility index (Phi) is 3.39. The predicted octanol–water partition coefficient (Wildman–Crippen LogP) is 2.43. The third-order valence-electron chi connectivity index (χ3n) is 3.35. The van der Waals surface area contributed by atoms with Crippen molar-refractivity contribution in [2.75, 3.05) is 0 Å². The van der Waals surface area contributed by atoms with Crippen LogP contribution in [0.3, 0.4) is 0 Å². The number of carbonyl (C=O) groups is 2. The van der Waals surface area contributed by atoms with Gasteiger partial charge in [-0.3, -0.25) is 0 Å². The van der Waals surface area contributed by atoms with Crippen molar-refractivity contribution < 1.29 is 24.2 Å². The summed E-state index contributed by atoms with van der Waals surface area (Å²) in [5.74, 6) is -3.54. The molecule has 110 valence electrons. The Morgan fingerprint density at radius 2 is 1.18 bits per heavy atom. The molecule has 1 aliphatic rings. The second-order valence-corrected chi connectivity index (χ2v) is 4.67. The number of esters is 2. The van der Waals surface area contributed by atoms with Gasteiger partial charge in [0.15, 0.2) is 5.57 Å². The minimum Gasteiger partial charge on any atom is -0.514 e. The third kappa shape index (κ3) is 2.13. The molecule has 2 aromatic carbocycles. The Hall–Kier alpha value is -3.08. The molecule has 5 heteroatoms. The van der Waals surface area contributed by atoms with E-state index in [9.17, 15) is 9.59 Å². The molecule has 0 saturated carbocycles. The zero-order valence-corrected chi connectivity index (χ0v) is 11.4. The Bertz CT molecular complexity index is 673. The minimum absolute atomic E-state index is 0.393. The van der Waals surface area contributed by atoms with E-state index in [0.29, 0.717) is 17.4 Å². The van der Waals surface area contributed by atoms with Crippen LogP contribution in [0.15, 0.2) is 72.5 Å². The van der Waals surface area contributed by atoms with Gasteiger partial charge in [0.05, 0.1) is 0 Å². The highest BCUT2D eigenvalue weighted by molar-refractivity contribution is 6.15. The molecule has 0 radical (unpaired) electrons. The first-order chi connectivity index (χ1) is 10.7. The van der Waals surface area contributed by atoms with E-state index in [4.69, 9.17) is 14.6 Å². The van der Waals surface area contributed by atoms with Crippen LogP contribution in [-0.2, 0) is 24.8 Å². The molecule has 1 heterocycles. The van der Waals surface area contributed by atoms with Gasteiger partial charge >= 0.3 is 17.7 Å². The smallest absolute Gasteiger partial charge is 0.352 e. The summed E-state index contributed by atoms with van der Waals surface area (Å²) in [7, 11) is 0. The lowest BCUT2D eigenvalue weighted by Crippen LogP contribution is -2.45. The third-order valence-corrected chi connectivity index (χ3v) is 3.35.